The first-order chi connectivity index (χ1) is 8.10. The van der Waals surface area contributed by atoms with Gasteiger partial charge in [0.05, 0.1) is 0 Å². The third kappa shape index (κ3) is 1.99. The van der Waals surface area contributed by atoms with Gasteiger partial charge in [0.25, 0.3) is 0 Å². The summed E-state index contributed by atoms with van der Waals surface area (Å²) in [7, 11) is 0. The lowest BCUT2D eigenvalue weighted by molar-refractivity contribution is -0.130. The normalized spacial score (nSPS) is 44.7. The van der Waals surface area contributed by atoms with Crippen molar-refractivity contribution in [2.45, 2.75) is 51.0 Å². The molecule has 1 unspecified atom stereocenters. The second kappa shape index (κ2) is 3.98. The van der Waals surface area contributed by atoms with Gasteiger partial charge in [0.15, 0.2) is 0 Å². The first-order valence-corrected chi connectivity index (χ1v) is 7.12. The number of rotatable bonds is 3. The highest BCUT2D eigenvalue weighted by Crippen LogP contribution is 2.55. The summed E-state index contributed by atoms with van der Waals surface area (Å²) in [5, 5.41) is 3.36. The van der Waals surface area contributed by atoms with E-state index in [-0.39, 0.29) is 17.4 Å². The standard InChI is InChI=1S/C14H24N2O/c1-9(8-15)13(17)16-14-5-10-2-11(6-14)4-12(3-10)7-14/h9-12H,2-8,15H2,1H3,(H,16,17). The minimum absolute atomic E-state index is 0.0389. The van der Waals surface area contributed by atoms with E-state index in [4.69, 9.17) is 5.73 Å². The minimum atomic E-state index is -0.0389. The summed E-state index contributed by atoms with van der Waals surface area (Å²) >= 11 is 0. The molecule has 0 aliphatic heterocycles. The van der Waals surface area contributed by atoms with Crippen molar-refractivity contribution in [1.82, 2.24) is 5.32 Å². The Kier molecular flexibility index (Phi) is 2.69. The van der Waals surface area contributed by atoms with Gasteiger partial charge in [0.1, 0.15) is 0 Å². The van der Waals surface area contributed by atoms with E-state index in [1.807, 2.05) is 6.92 Å². The average Bonchev–Trinajstić information content (AvgIpc) is 2.25. The topological polar surface area (TPSA) is 55.1 Å². The van der Waals surface area contributed by atoms with Gasteiger partial charge in [-0.05, 0) is 56.3 Å². The molecule has 3 heteroatoms. The second-order valence-corrected chi connectivity index (χ2v) is 6.82. The molecule has 0 aromatic carbocycles. The van der Waals surface area contributed by atoms with Crippen molar-refractivity contribution in [3.05, 3.63) is 0 Å². The molecule has 0 spiro atoms. The van der Waals surface area contributed by atoms with E-state index < -0.39 is 0 Å². The van der Waals surface area contributed by atoms with Gasteiger partial charge in [-0.3, -0.25) is 4.79 Å². The molecule has 4 aliphatic carbocycles. The van der Waals surface area contributed by atoms with Gasteiger partial charge in [-0.25, -0.2) is 0 Å². The molecule has 3 N–H and O–H groups in total. The number of nitrogens with two attached hydrogens (primary N) is 1. The maximum atomic E-state index is 12.1. The van der Waals surface area contributed by atoms with Crippen molar-refractivity contribution < 1.29 is 4.79 Å². The molecule has 4 aliphatic rings. The maximum Gasteiger partial charge on any atom is 0.224 e. The Morgan fingerprint density at radius 3 is 2.12 bits per heavy atom. The van der Waals surface area contributed by atoms with Gasteiger partial charge < -0.3 is 11.1 Å². The van der Waals surface area contributed by atoms with Crippen LogP contribution in [-0.2, 0) is 4.79 Å². The maximum absolute atomic E-state index is 12.1. The fraction of sp³-hybridized carbons (Fsp3) is 0.929. The van der Waals surface area contributed by atoms with Crippen LogP contribution >= 0.6 is 0 Å². The molecule has 0 radical (unpaired) electrons. The molecule has 4 saturated carbocycles. The van der Waals surface area contributed by atoms with Crippen LogP contribution in [0.15, 0.2) is 0 Å². The van der Waals surface area contributed by atoms with Gasteiger partial charge in [0.2, 0.25) is 5.91 Å². The molecule has 0 aromatic heterocycles. The molecule has 0 saturated heterocycles. The molecule has 4 bridgehead atoms. The number of amides is 1. The lowest BCUT2D eigenvalue weighted by atomic mass is 9.53. The SMILES string of the molecule is CC(CN)C(=O)NC12CC3CC(CC(C3)C1)C2. The van der Waals surface area contributed by atoms with E-state index >= 15 is 0 Å². The zero-order valence-electron chi connectivity index (χ0n) is 10.7. The number of nitrogens with one attached hydrogen (secondary N) is 1. The van der Waals surface area contributed by atoms with E-state index in [2.05, 4.69) is 5.32 Å². The molecular formula is C14H24N2O. The van der Waals surface area contributed by atoms with Crippen molar-refractivity contribution in [1.29, 1.82) is 0 Å². The molecule has 1 amide bonds. The van der Waals surface area contributed by atoms with E-state index in [0.29, 0.717) is 6.54 Å². The molecule has 3 nitrogen and oxygen atoms in total. The molecular weight excluding hydrogens is 212 g/mol. The molecule has 4 rings (SSSR count). The Hall–Kier alpha value is -0.570. The Labute approximate surface area is 104 Å². The Balaban J connectivity index is 1.72. The van der Waals surface area contributed by atoms with Gasteiger partial charge >= 0.3 is 0 Å². The second-order valence-electron chi connectivity index (χ2n) is 6.82. The van der Waals surface area contributed by atoms with Crippen LogP contribution in [0.3, 0.4) is 0 Å². The quantitative estimate of drug-likeness (QED) is 0.783. The highest BCUT2D eigenvalue weighted by Gasteiger charge is 2.51. The summed E-state index contributed by atoms with van der Waals surface area (Å²) in [4.78, 5) is 12.1. The number of hydrogen-bond donors (Lipinski definition) is 2. The van der Waals surface area contributed by atoms with Crippen LogP contribution in [0.5, 0.6) is 0 Å². The highest BCUT2D eigenvalue weighted by molar-refractivity contribution is 5.79. The highest BCUT2D eigenvalue weighted by atomic mass is 16.2. The zero-order valence-corrected chi connectivity index (χ0v) is 10.7. The predicted octanol–water partition coefficient (Wildman–Crippen LogP) is 1.67. The molecule has 0 heterocycles. The van der Waals surface area contributed by atoms with Crippen LogP contribution in [0.2, 0.25) is 0 Å². The Bertz CT molecular complexity index is 291. The summed E-state index contributed by atoms with van der Waals surface area (Å²) < 4.78 is 0. The summed E-state index contributed by atoms with van der Waals surface area (Å²) in [6.45, 7) is 2.38. The van der Waals surface area contributed by atoms with Crippen molar-refractivity contribution in [2.24, 2.45) is 29.4 Å². The van der Waals surface area contributed by atoms with Crippen LogP contribution < -0.4 is 11.1 Å². The first kappa shape index (κ1) is 11.5. The van der Waals surface area contributed by atoms with Crippen molar-refractivity contribution in [3.63, 3.8) is 0 Å². The molecule has 17 heavy (non-hydrogen) atoms. The third-order valence-corrected chi connectivity index (χ3v) is 5.23. The van der Waals surface area contributed by atoms with Crippen LogP contribution in [0.4, 0.5) is 0 Å². The summed E-state index contributed by atoms with van der Waals surface area (Å²) in [6, 6.07) is 0. The smallest absolute Gasteiger partial charge is 0.224 e. The van der Waals surface area contributed by atoms with Crippen LogP contribution in [-0.4, -0.2) is 18.0 Å². The molecule has 96 valence electrons. The van der Waals surface area contributed by atoms with Gasteiger partial charge in [-0.2, -0.15) is 0 Å². The van der Waals surface area contributed by atoms with E-state index in [1.54, 1.807) is 0 Å². The lowest BCUT2D eigenvalue weighted by Crippen LogP contribution is -2.60. The van der Waals surface area contributed by atoms with Crippen molar-refractivity contribution in [3.8, 4) is 0 Å². The van der Waals surface area contributed by atoms with Gasteiger partial charge in [-0.1, -0.05) is 6.92 Å². The molecule has 0 aromatic rings. The minimum Gasteiger partial charge on any atom is -0.350 e. The fourth-order valence-corrected chi connectivity index (χ4v) is 4.76. The molecule has 4 fully saturated rings. The largest absolute Gasteiger partial charge is 0.350 e. The summed E-state index contributed by atoms with van der Waals surface area (Å²) in [5.41, 5.74) is 5.73. The van der Waals surface area contributed by atoms with Crippen LogP contribution in [0.25, 0.3) is 0 Å². The van der Waals surface area contributed by atoms with E-state index in [0.717, 1.165) is 17.8 Å². The Morgan fingerprint density at radius 1 is 1.24 bits per heavy atom. The summed E-state index contributed by atoms with van der Waals surface area (Å²) in [5.74, 6) is 2.79. The van der Waals surface area contributed by atoms with E-state index in [9.17, 15) is 4.79 Å². The van der Waals surface area contributed by atoms with Gasteiger partial charge in [-0.15, -0.1) is 0 Å². The van der Waals surface area contributed by atoms with Gasteiger partial charge in [0, 0.05) is 18.0 Å². The third-order valence-electron chi connectivity index (χ3n) is 5.23. The fourth-order valence-electron chi connectivity index (χ4n) is 4.76. The zero-order chi connectivity index (χ0) is 12.0. The number of carbonyl (C=O) groups excluding carboxylic acids is 1. The average molecular weight is 236 g/mol. The Morgan fingerprint density at radius 2 is 1.71 bits per heavy atom. The molecule has 1 atom stereocenters. The lowest BCUT2D eigenvalue weighted by Gasteiger charge is -2.57. The van der Waals surface area contributed by atoms with E-state index in [1.165, 1.54) is 38.5 Å². The number of hydrogen-bond acceptors (Lipinski definition) is 2. The monoisotopic (exact) mass is 236 g/mol. The van der Waals surface area contributed by atoms with Crippen LogP contribution in [0, 0.1) is 23.7 Å². The van der Waals surface area contributed by atoms with Crippen molar-refractivity contribution in [2.75, 3.05) is 6.54 Å². The van der Waals surface area contributed by atoms with Crippen molar-refractivity contribution >= 4 is 5.91 Å². The summed E-state index contributed by atoms with van der Waals surface area (Å²) in [6.07, 6.45) is 7.93. The predicted molar refractivity (Wildman–Crippen MR) is 67.3 cm³/mol. The number of carbonyl (C=O) groups is 1. The van der Waals surface area contributed by atoms with Crippen LogP contribution in [0.1, 0.15) is 45.4 Å². The first-order valence-electron chi connectivity index (χ1n) is 7.12.